The maximum atomic E-state index is 12.9. The minimum atomic E-state index is -0.140. The average Bonchev–Trinajstić information content (AvgIpc) is 2.95. The predicted octanol–water partition coefficient (Wildman–Crippen LogP) is 4.89. The summed E-state index contributed by atoms with van der Waals surface area (Å²) in [6, 6.07) is 13.3. The Balaban J connectivity index is 1.94. The number of hydrogen-bond acceptors (Lipinski definition) is 4. The highest BCUT2D eigenvalue weighted by Gasteiger charge is 2.28. The molecule has 2 aromatic rings. The van der Waals surface area contributed by atoms with Gasteiger partial charge in [-0.3, -0.25) is 4.79 Å². The highest BCUT2D eigenvalue weighted by molar-refractivity contribution is 14.1. The Morgan fingerprint density at radius 1 is 1.22 bits per heavy atom. The van der Waals surface area contributed by atoms with Crippen LogP contribution in [0.15, 0.2) is 53.1 Å². The molecule has 0 atom stereocenters. The average molecular weight is 476 g/mol. The molecule has 1 aliphatic heterocycles. The Hall–Kier alpha value is -2.35. The molecule has 0 saturated carbocycles. The summed E-state index contributed by atoms with van der Waals surface area (Å²) in [6.07, 6.45) is 2.77. The van der Waals surface area contributed by atoms with Crippen LogP contribution in [0.4, 0.5) is 5.69 Å². The van der Waals surface area contributed by atoms with Crippen molar-refractivity contribution in [1.82, 2.24) is 0 Å². The first kappa shape index (κ1) is 19.4. The van der Waals surface area contributed by atoms with Crippen LogP contribution in [0.25, 0.3) is 6.08 Å². The summed E-state index contributed by atoms with van der Waals surface area (Å²) in [5.74, 6) is 1.25. The van der Waals surface area contributed by atoms with Gasteiger partial charge in [0.25, 0.3) is 5.91 Å². The lowest BCUT2D eigenvalue weighted by atomic mass is 10.1. The number of nitrogens with zero attached hydrogens (tertiary/aromatic N) is 2. The lowest BCUT2D eigenvalue weighted by molar-refractivity contribution is -0.114. The number of benzene rings is 2. The Morgan fingerprint density at radius 2 is 1.96 bits per heavy atom. The van der Waals surface area contributed by atoms with Crippen molar-refractivity contribution in [2.45, 2.75) is 20.3 Å². The maximum absolute atomic E-state index is 12.9. The van der Waals surface area contributed by atoms with Crippen LogP contribution >= 0.6 is 22.6 Å². The minimum absolute atomic E-state index is 0.140. The summed E-state index contributed by atoms with van der Waals surface area (Å²) in [7, 11) is 1.62. The molecule has 3 rings (SSSR count). The van der Waals surface area contributed by atoms with E-state index in [0.717, 1.165) is 27.0 Å². The van der Waals surface area contributed by atoms with E-state index in [1.807, 2.05) is 55.5 Å². The summed E-state index contributed by atoms with van der Waals surface area (Å²) in [5.41, 5.74) is 2.87. The van der Waals surface area contributed by atoms with Crippen molar-refractivity contribution in [1.29, 1.82) is 0 Å². The summed E-state index contributed by atoms with van der Waals surface area (Å²) in [4.78, 5) is 12.9. The quantitative estimate of drug-likeness (QED) is 0.441. The number of carbonyl (C=O) groups is 1. The van der Waals surface area contributed by atoms with E-state index in [-0.39, 0.29) is 5.91 Å². The van der Waals surface area contributed by atoms with E-state index in [4.69, 9.17) is 9.47 Å². The Bertz CT molecular complexity index is 907. The molecule has 0 spiro atoms. The number of amides is 1. The fraction of sp³-hybridized carbons (Fsp3) is 0.238. The van der Waals surface area contributed by atoms with Crippen LogP contribution in [0.2, 0.25) is 0 Å². The van der Waals surface area contributed by atoms with Gasteiger partial charge in [-0.2, -0.15) is 10.1 Å². The smallest absolute Gasteiger partial charge is 0.280 e. The third kappa shape index (κ3) is 4.16. The van der Waals surface area contributed by atoms with Crippen molar-refractivity contribution < 1.29 is 14.3 Å². The lowest BCUT2D eigenvalue weighted by Gasteiger charge is -2.13. The zero-order valence-corrected chi connectivity index (χ0v) is 17.7. The van der Waals surface area contributed by atoms with E-state index in [9.17, 15) is 4.79 Å². The molecule has 140 valence electrons. The first-order chi connectivity index (χ1) is 13.0. The zero-order valence-electron chi connectivity index (χ0n) is 15.5. The standard InChI is InChI=1S/C21H21IN2O3/c1-4-10-27-20-18(22)12-15(13-19(20)26-3)11-17-14(2)23-24(21(17)25)16-8-6-5-7-9-16/h5-9,11-13H,4,10H2,1-3H3/b17-11+. The molecule has 1 heterocycles. The Morgan fingerprint density at radius 3 is 2.63 bits per heavy atom. The molecule has 2 aromatic carbocycles. The molecule has 0 aliphatic carbocycles. The van der Waals surface area contributed by atoms with Crippen molar-refractivity contribution in [3.63, 3.8) is 0 Å². The monoisotopic (exact) mass is 476 g/mol. The molecule has 0 fully saturated rings. The van der Waals surface area contributed by atoms with Crippen molar-refractivity contribution in [3.05, 3.63) is 57.2 Å². The van der Waals surface area contributed by atoms with Gasteiger partial charge in [0, 0.05) is 0 Å². The summed E-state index contributed by atoms with van der Waals surface area (Å²) < 4.78 is 12.2. The molecule has 0 bridgehead atoms. The van der Waals surface area contributed by atoms with Gasteiger partial charge in [0.05, 0.1) is 34.3 Å². The molecule has 0 N–H and O–H groups in total. The molecule has 1 amide bonds. The highest BCUT2D eigenvalue weighted by atomic mass is 127. The van der Waals surface area contributed by atoms with E-state index in [0.29, 0.717) is 23.6 Å². The minimum Gasteiger partial charge on any atom is -0.493 e. The first-order valence-corrected chi connectivity index (χ1v) is 9.80. The summed E-state index contributed by atoms with van der Waals surface area (Å²) >= 11 is 2.23. The SMILES string of the molecule is CCCOc1c(I)cc(/C=C2/C(=O)N(c3ccccc3)N=C2C)cc1OC. The van der Waals surface area contributed by atoms with Crippen LogP contribution < -0.4 is 14.5 Å². The maximum Gasteiger partial charge on any atom is 0.280 e. The molecule has 1 aliphatic rings. The number of hydrogen-bond donors (Lipinski definition) is 0. The zero-order chi connectivity index (χ0) is 19.4. The van der Waals surface area contributed by atoms with Gasteiger partial charge in [-0.25, -0.2) is 0 Å². The fourth-order valence-corrected chi connectivity index (χ4v) is 3.54. The second-order valence-corrected chi connectivity index (χ2v) is 7.24. The van der Waals surface area contributed by atoms with Crippen molar-refractivity contribution in [3.8, 4) is 11.5 Å². The van der Waals surface area contributed by atoms with Crippen molar-refractivity contribution >= 4 is 46.0 Å². The van der Waals surface area contributed by atoms with Gasteiger partial charge in [0.1, 0.15) is 0 Å². The topological polar surface area (TPSA) is 51.1 Å². The van der Waals surface area contributed by atoms with E-state index in [1.54, 1.807) is 7.11 Å². The molecule has 0 unspecified atom stereocenters. The largest absolute Gasteiger partial charge is 0.493 e. The van der Waals surface area contributed by atoms with Crippen LogP contribution in [0, 0.1) is 3.57 Å². The third-order valence-electron chi connectivity index (χ3n) is 4.08. The number of para-hydroxylation sites is 1. The predicted molar refractivity (Wildman–Crippen MR) is 117 cm³/mol. The van der Waals surface area contributed by atoms with Crippen LogP contribution in [0.5, 0.6) is 11.5 Å². The molecular weight excluding hydrogens is 455 g/mol. The third-order valence-corrected chi connectivity index (χ3v) is 4.88. The van der Waals surface area contributed by atoms with Crippen molar-refractivity contribution in [2.75, 3.05) is 18.7 Å². The van der Waals surface area contributed by atoms with Crippen LogP contribution in [-0.4, -0.2) is 25.3 Å². The van der Waals surface area contributed by atoms with E-state index < -0.39 is 0 Å². The molecule has 5 nitrogen and oxygen atoms in total. The number of rotatable bonds is 6. The second-order valence-electron chi connectivity index (χ2n) is 6.08. The van der Waals surface area contributed by atoms with Gasteiger partial charge < -0.3 is 9.47 Å². The normalized spacial score (nSPS) is 15.3. The van der Waals surface area contributed by atoms with Gasteiger partial charge in [-0.05, 0) is 71.8 Å². The number of carbonyl (C=O) groups excluding carboxylic acids is 1. The Labute approximate surface area is 172 Å². The first-order valence-electron chi connectivity index (χ1n) is 8.72. The Kier molecular flexibility index (Phi) is 6.15. The number of halogens is 1. The van der Waals surface area contributed by atoms with Gasteiger partial charge in [0.2, 0.25) is 0 Å². The number of ether oxygens (including phenoxy) is 2. The number of methoxy groups -OCH3 is 1. The highest BCUT2D eigenvalue weighted by Crippen LogP contribution is 2.35. The molecule has 0 radical (unpaired) electrons. The van der Waals surface area contributed by atoms with Gasteiger partial charge in [-0.1, -0.05) is 25.1 Å². The lowest BCUT2D eigenvalue weighted by Crippen LogP contribution is -2.21. The van der Waals surface area contributed by atoms with Crippen LogP contribution in [0.1, 0.15) is 25.8 Å². The second kappa shape index (κ2) is 8.56. The number of anilines is 1. The summed E-state index contributed by atoms with van der Waals surface area (Å²) in [5, 5.41) is 5.85. The van der Waals surface area contributed by atoms with E-state index >= 15 is 0 Å². The van der Waals surface area contributed by atoms with Crippen molar-refractivity contribution in [2.24, 2.45) is 5.10 Å². The summed E-state index contributed by atoms with van der Waals surface area (Å²) in [6.45, 7) is 4.53. The molecule has 0 aromatic heterocycles. The number of hydrazone groups is 1. The molecule has 27 heavy (non-hydrogen) atoms. The van der Waals surface area contributed by atoms with E-state index in [2.05, 4.69) is 34.6 Å². The molecule has 0 saturated heterocycles. The fourth-order valence-electron chi connectivity index (χ4n) is 2.76. The van der Waals surface area contributed by atoms with Crippen LogP contribution in [-0.2, 0) is 4.79 Å². The van der Waals surface area contributed by atoms with E-state index in [1.165, 1.54) is 5.01 Å². The van der Waals surface area contributed by atoms with Crippen LogP contribution in [0.3, 0.4) is 0 Å². The van der Waals surface area contributed by atoms with Gasteiger partial charge >= 0.3 is 0 Å². The molecule has 6 heteroatoms. The molecular formula is C21H21IN2O3. The van der Waals surface area contributed by atoms with Gasteiger partial charge in [-0.15, -0.1) is 0 Å². The van der Waals surface area contributed by atoms with Gasteiger partial charge in [0.15, 0.2) is 11.5 Å².